The number of carbonyl (C=O) groups is 3. The molecule has 0 radical (unpaired) electrons. The molecule has 198 valence electrons. The van der Waals surface area contributed by atoms with E-state index in [1.807, 2.05) is 11.0 Å². The molecule has 6 heteroatoms. The molecule has 6 nitrogen and oxygen atoms in total. The Hall–Kier alpha value is -3.67. The van der Waals surface area contributed by atoms with Gasteiger partial charge in [0.2, 0.25) is 11.8 Å². The molecule has 0 aromatic heterocycles. The van der Waals surface area contributed by atoms with Gasteiger partial charge in [0.15, 0.2) is 6.04 Å². The first-order valence-electron chi connectivity index (χ1n) is 12.9. The van der Waals surface area contributed by atoms with Crippen LogP contribution in [0, 0.1) is 0 Å². The summed E-state index contributed by atoms with van der Waals surface area (Å²) in [5, 5.41) is 0. The minimum absolute atomic E-state index is 0.149. The first-order valence-corrected chi connectivity index (χ1v) is 12.9. The highest BCUT2D eigenvalue weighted by Gasteiger charge is 2.35. The molecule has 1 aliphatic heterocycles. The van der Waals surface area contributed by atoms with Crippen LogP contribution in [0.25, 0.3) is 0 Å². The van der Waals surface area contributed by atoms with Crippen LogP contribution in [0.2, 0.25) is 0 Å². The number of rotatable bonds is 10. The van der Waals surface area contributed by atoms with Gasteiger partial charge in [-0.1, -0.05) is 67.6 Å². The van der Waals surface area contributed by atoms with E-state index >= 15 is 0 Å². The van der Waals surface area contributed by atoms with Crippen molar-refractivity contribution in [3.05, 3.63) is 97.1 Å². The van der Waals surface area contributed by atoms with Gasteiger partial charge >= 0.3 is 5.97 Å². The van der Waals surface area contributed by atoms with Crippen molar-refractivity contribution in [1.29, 1.82) is 0 Å². The molecule has 0 bridgehead atoms. The number of benzene rings is 2. The van der Waals surface area contributed by atoms with Gasteiger partial charge in [-0.25, -0.2) is 4.79 Å². The summed E-state index contributed by atoms with van der Waals surface area (Å²) in [5.41, 5.74) is 3.35. The quantitative estimate of drug-likeness (QED) is 0.318. The zero-order valence-corrected chi connectivity index (χ0v) is 22.2. The molecule has 0 N–H and O–H groups in total. The molecular formula is C31H40N2O4. The summed E-state index contributed by atoms with van der Waals surface area (Å²) in [4.78, 5) is 42.5. The van der Waals surface area contributed by atoms with Crippen molar-refractivity contribution in [2.45, 2.75) is 51.0 Å². The van der Waals surface area contributed by atoms with Crippen molar-refractivity contribution < 1.29 is 19.1 Å². The van der Waals surface area contributed by atoms with E-state index in [0.717, 1.165) is 19.3 Å². The molecule has 2 aromatic carbocycles. The van der Waals surface area contributed by atoms with Gasteiger partial charge in [-0.2, -0.15) is 0 Å². The van der Waals surface area contributed by atoms with Gasteiger partial charge in [-0.15, -0.1) is 19.7 Å². The maximum atomic E-state index is 13.4. The van der Waals surface area contributed by atoms with E-state index in [2.05, 4.69) is 50.9 Å². The molecule has 2 amide bonds. The molecule has 0 saturated carbocycles. The second-order valence-corrected chi connectivity index (χ2v) is 8.89. The average Bonchev–Trinajstić information content (AvgIpc) is 2.96. The molecule has 1 atom stereocenters. The Morgan fingerprint density at radius 2 is 1.68 bits per heavy atom. The SMILES string of the molecule is C=C.C=CCCC(=O)N(CC(=O)N1CCC(c2ccccc2CC)CC1)C(C(=O)OC)c1ccccc1. The zero-order valence-electron chi connectivity index (χ0n) is 22.2. The minimum Gasteiger partial charge on any atom is -0.467 e. The van der Waals surface area contributed by atoms with Gasteiger partial charge in [0.05, 0.1) is 7.11 Å². The second-order valence-electron chi connectivity index (χ2n) is 8.89. The lowest BCUT2D eigenvalue weighted by Gasteiger charge is -2.36. The maximum absolute atomic E-state index is 13.4. The number of amides is 2. The van der Waals surface area contributed by atoms with Crippen LogP contribution >= 0.6 is 0 Å². The number of carbonyl (C=O) groups excluding carboxylic acids is 3. The number of nitrogens with zero attached hydrogens (tertiary/aromatic N) is 2. The largest absolute Gasteiger partial charge is 0.467 e. The summed E-state index contributed by atoms with van der Waals surface area (Å²) in [6.45, 7) is 12.9. The number of ether oxygens (including phenoxy) is 1. The van der Waals surface area contributed by atoms with Gasteiger partial charge in [0.25, 0.3) is 0 Å². The van der Waals surface area contributed by atoms with E-state index in [1.54, 1.807) is 30.3 Å². The van der Waals surface area contributed by atoms with Crippen LogP contribution in [0.1, 0.15) is 61.3 Å². The highest BCUT2D eigenvalue weighted by molar-refractivity contribution is 5.90. The van der Waals surface area contributed by atoms with Gasteiger partial charge in [0, 0.05) is 19.5 Å². The summed E-state index contributed by atoms with van der Waals surface area (Å²) in [6, 6.07) is 16.5. The number of piperidine rings is 1. The Kier molecular flexibility index (Phi) is 12.3. The van der Waals surface area contributed by atoms with Gasteiger partial charge < -0.3 is 14.5 Å². The van der Waals surface area contributed by atoms with Gasteiger partial charge in [0.1, 0.15) is 6.54 Å². The number of aryl methyl sites for hydroxylation is 1. The van der Waals surface area contributed by atoms with Crippen LogP contribution in [-0.4, -0.2) is 54.3 Å². The topological polar surface area (TPSA) is 66.9 Å². The zero-order chi connectivity index (χ0) is 27.2. The Morgan fingerprint density at radius 3 is 2.27 bits per heavy atom. The third-order valence-corrected chi connectivity index (χ3v) is 6.76. The normalized spacial score (nSPS) is 14.1. The van der Waals surface area contributed by atoms with Gasteiger partial charge in [-0.3, -0.25) is 9.59 Å². The molecule has 3 rings (SSSR count). The Labute approximate surface area is 221 Å². The molecule has 1 heterocycles. The highest BCUT2D eigenvalue weighted by Crippen LogP contribution is 2.31. The summed E-state index contributed by atoms with van der Waals surface area (Å²) in [7, 11) is 1.30. The Balaban J connectivity index is 0.00000235. The summed E-state index contributed by atoms with van der Waals surface area (Å²) in [6.07, 6.45) is 5.05. The fourth-order valence-corrected chi connectivity index (χ4v) is 4.82. The molecule has 1 fully saturated rings. The standard InChI is InChI=1S/C29H36N2O4.C2H4/c1-4-6-16-26(32)31(28(29(34)35-3)24-13-8-7-9-14-24)21-27(33)30-19-17-23(18-20-30)25-15-11-10-12-22(25)5-2;1-2/h4,7-15,23,28H,1,5-6,16-21H2,2-3H3;1-2H2. The molecule has 1 unspecified atom stereocenters. The van der Waals surface area contributed by atoms with Crippen molar-refractivity contribution in [3.8, 4) is 0 Å². The third kappa shape index (κ3) is 7.91. The molecule has 1 saturated heterocycles. The van der Waals surface area contributed by atoms with E-state index in [1.165, 1.54) is 23.1 Å². The van der Waals surface area contributed by atoms with Crippen molar-refractivity contribution >= 4 is 17.8 Å². The number of hydrogen-bond donors (Lipinski definition) is 0. The van der Waals surface area contributed by atoms with Crippen molar-refractivity contribution in [2.24, 2.45) is 0 Å². The molecule has 0 aliphatic carbocycles. The van der Waals surface area contributed by atoms with Crippen LogP contribution in [0.4, 0.5) is 0 Å². The highest BCUT2D eigenvalue weighted by atomic mass is 16.5. The van der Waals surface area contributed by atoms with E-state index < -0.39 is 12.0 Å². The van der Waals surface area contributed by atoms with E-state index in [9.17, 15) is 14.4 Å². The van der Waals surface area contributed by atoms with Crippen LogP contribution in [-0.2, 0) is 25.5 Å². The number of hydrogen-bond acceptors (Lipinski definition) is 4. The van der Waals surface area contributed by atoms with E-state index in [0.29, 0.717) is 31.0 Å². The van der Waals surface area contributed by atoms with Crippen LogP contribution in [0.3, 0.4) is 0 Å². The smallest absolute Gasteiger partial charge is 0.333 e. The fourth-order valence-electron chi connectivity index (χ4n) is 4.82. The lowest BCUT2D eigenvalue weighted by atomic mass is 9.86. The Bertz CT molecular complexity index is 1030. The maximum Gasteiger partial charge on any atom is 0.333 e. The first-order chi connectivity index (χ1) is 18.0. The van der Waals surface area contributed by atoms with Gasteiger partial charge in [-0.05, 0) is 48.3 Å². The minimum atomic E-state index is -0.976. The van der Waals surface area contributed by atoms with Crippen molar-refractivity contribution in [3.63, 3.8) is 0 Å². The molecule has 0 spiro atoms. The predicted octanol–water partition coefficient (Wildman–Crippen LogP) is 5.47. The monoisotopic (exact) mass is 504 g/mol. The average molecular weight is 505 g/mol. The van der Waals surface area contributed by atoms with Crippen molar-refractivity contribution in [2.75, 3.05) is 26.7 Å². The van der Waals surface area contributed by atoms with Crippen LogP contribution < -0.4 is 0 Å². The molecular weight excluding hydrogens is 464 g/mol. The first kappa shape index (κ1) is 29.6. The number of likely N-dealkylation sites (tertiary alicyclic amines) is 1. The van der Waals surface area contributed by atoms with Crippen LogP contribution in [0.5, 0.6) is 0 Å². The summed E-state index contributed by atoms with van der Waals surface area (Å²) in [5.74, 6) is -0.563. The van der Waals surface area contributed by atoms with E-state index in [4.69, 9.17) is 4.74 Å². The van der Waals surface area contributed by atoms with E-state index in [-0.39, 0.29) is 24.8 Å². The van der Waals surface area contributed by atoms with Crippen LogP contribution in [0.15, 0.2) is 80.4 Å². The lowest BCUT2D eigenvalue weighted by molar-refractivity contribution is -0.155. The number of esters is 1. The summed E-state index contributed by atoms with van der Waals surface area (Å²) < 4.78 is 5.04. The number of methoxy groups -OCH3 is 1. The molecule has 2 aromatic rings. The van der Waals surface area contributed by atoms with Crippen molar-refractivity contribution in [1.82, 2.24) is 9.80 Å². The lowest BCUT2D eigenvalue weighted by Crippen LogP contribution is -2.48. The second kappa shape index (κ2) is 15.4. The molecule has 37 heavy (non-hydrogen) atoms. The fraction of sp³-hybridized carbons (Fsp3) is 0.387. The molecule has 1 aliphatic rings. The Morgan fingerprint density at radius 1 is 1.05 bits per heavy atom. The predicted molar refractivity (Wildman–Crippen MR) is 148 cm³/mol. The number of allylic oxidation sites excluding steroid dienone is 1. The summed E-state index contributed by atoms with van der Waals surface area (Å²) >= 11 is 0. The third-order valence-electron chi connectivity index (χ3n) is 6.76.